The molecule has 0 radical (unpaired) electrons. The predicted octanol–water partition coefficient (Wildman–Crippen LogP) is 4.80. The first-order valence-electron chi connectivity index (χ1n) is 12.9. The standard InChI is InChI=1S/C27H33N7/c1-34-24(16-6-8-18-22(14-16)32-26(30-18)20-4-2-12-28-20)10-11-25(34)17-7-9-19-23(15-17)33-27(31-19)21-5-3-13-29-21/h6-9,14-15,20-21,24-25,28-29H,2-5,10-13H2,1H3,(H,30,32)(H,31,33)/t20?,21?,24-,25?/m1/s1. The zero-order chi connectivity index (χ0) is 22.6. The summed E-state index contributed by atoms with van der Waals surface area (Å²) in [4.78, 5) is 19.5. The molecular formula is C27H33N7. The minimum Gasteiger partial charge on any atom is -0.341 e. The molecule has 7 rings (SSSR count). The lowest BCUT2D eigenvalue weighted by Crippen LogP contribution is -2.21. The Bertz CT molecular complexity index is 1220. The summed E-state index contributed by atoms with van der Waals surface area (Å²) in [6, 6.07) is 15.2. The predicted molar refractivity (Wildman–Crippen MR) is 135 cm³/mol. The number of H-pyrrole nitrogens is 2. The van der Waals surface area contributed by atoms with Gasteiger partial charge in [-0.25, -0.2) is 9.97 Å². The lowest BCUT2D eigenvalue weighted by atomic mass is 10.0. The number of imidazole rings is 2. The van der Waals surface area contributed by atoms with Crippen LogP contribution in [0.2, 0.25) is 0 Å². The van der Waals surface area contributed by atoms with Crippen molar-refractivity contribution in [1.29, 1.82) is 0 Å². The fourth-order valence-electron chi connectivity index (χ4n) is 6.41. The van der Waals surface area contributed by atoms with E-state index in [4.69, 9.17) is 9.97 Å². The highest BCUT2D eigenvalue weighted by Crippen LogP contribution is 2.43. The van der Waals surface area contributed by atoms with E-state index in [2.05, 4.69) is 68.9 Å². The van der Waals surface area contributed by atoms with Crippen LogP contribution in [0.1, 0.15) is 85.5 Å². The normalized spacial score (nSPS) is 28.0. The molecule has 4 aromatic rings. The van der Waals surface area contributed by atoms with Crippen LogP contribution in [0.25, 0.3) is 22.1 Å². The molecule has 0 saturated carbocycles. The quantitative estimate of drug-likeness (QED) is 0.355. The number of benzene rings is 2. The zero-order valence-corrected chi connectivity index (χ0v) is 19.8. The van der Waals surface area contributed by atoms with Gasteiger partial charge in [0.15, 0.2) is 0 Å². The van der Waals surface area contributed by atoms with Crippen LogP contribution in [-0.2, 0) is 0 Å². The van der Waals surface area contributed by atoms with Crippen molar-refractivity contribution in [2.45, 2.75) is 62.7 Å². The van der Waals surface area contributed by atoms with Crippen LogP contribution in [-0.4, -0.2) is 45.0 Å². The van der Waals surface area contributed by atoms with Gasteiger partial charge in [0.1, 0.15) is 11.6 Å². The number of hydrogen-bond donors (Lipinski definition) is 4. The number of fused-ring (bicyclic) bond motifs is 2. The van der Waals surface area contributed by atoms with Crippen molar-refractivity contribution in [1.82, 2.24) is 35.5 Å². The first kappa shape index (κ1) is 20.6. The van der Waals surface area contributed by atoms with Gasteiger partial charge in [0.05, 0.1) is 34.2 Å². The fraction of sp³-hybridized carbons (Fsp3) is 0.481. The first-order valence-corrected chi connectivity index (χ1v) is 12.9. The largest absolute Gasteiger partial charge is 0.341 e. The number of hydrogen-bond acceptors (Lipinski definition) is 5. The highest BCUT2D eigenvalue weighted by atomic mass is 15.2. The third kappa shape index (κ3) is 3.45. The van der Waals surface area contributed by atoms with E-state index in [9.17, 15) is 0 Å². The molecule has 5 heterocycles. The summed E-state index contributed by atoms with van der Waals surface area (Å²) in [5, 5.41) is 7.10. The van der Waals surface area contributed by atoms with Gasteiger partial charge in [-0.1, -0.05) is 12.1 Å². The molecule has 0 aliphatic carbocycles. The number of rotatable bonds is 4. The molecule has 176 valence electrons. The van der Waals surface area contributed by atoms with Gasteiger partial charge in [0.2, 0.25) is 0 Å². The van der Waals surface area contributed by atoms with Crippen LogP contribution >= 0.6 is 0 Å². The zero-order valence-electron chi connectivity index (χ0n) is 19.8. The molecule has 2 aromatic carbocycles. The van der Waals surface area contributed by atoms with Crippen molar-refractivity contribution in [3.63, 3.8) is 0 Å². The molecule has 0 spiro atoms. The van der Waals surface area contributed by atoms with Gasteiger partial charge in [-0.2, -0.15) is 0 Å². The maximum Gasteiger partial charge on any atom is 0.124 e. The molecule has 7 heteroatoms. The Balaban J connectivity index is 1.13. The van der Waals surface area contributed by atoms with E-state index >= 15 is 0 Å². The number of nitrogens with one attached hydrogen (secondary N) is 4. The SMILES string of the molecule is CN1C(c2ccc3[nH]c(C4CCCN4)nc3c2)CC[C@@H]1c1ccc2[nH]c(C3CCCN3)nc2c1. The lowest BCUT2D eigenvalue weighted by molar-refractivity contribution is 0.246. The Labute approximate surface area is 199 Å². The summed E-state index contributed by atoms with van der Waals surface area (Å²) in [6.45, 7) is 2.17. The van der Waals surface area contributed by atoms with E-state index < -0.39 is 0 Å². The molecule has 3 fully saturated rings. The molecule has 34 heavy (non-hydrogen) atoms. The maximum absolute atomic E-state index is 4.94. The lowest BCUT2D eigenvalue weighted by Gasteiger charge is -2.26. The van der Waals surface area contributed by atoms with Crippen LogP contribution in [0.5, 0.6) is 0 Å². The summed E-state index contributed by atoms with van der Waals surface area (Å²) in [7, 11) is 2.27. The van der Waals surface area contributed by atoms with Gasteiger partial charge >= 0.3 is 0 Å². The molecule has 4 atom stereocenters. The summed E-state index contributed by atoms with van der Waals surface area (Å²) in [5.74, 6) is 2.17. The van der Waals surface area contributed by atoms with E-state index in [1.807, 2.05) is 0 Å². The van der Waals surface area contributed by atoms with Gasteiger partial charge in [-0.05, 0) is 94.1 Å². The van der Waals surface area contributed by atoms with Crippen LogP contribution in [0, 0.1) is 0 Å². The second kappa shape index (κ2) is 8.18. The van der Waals surface area contributed by atoms with Gasteiger partial charge in [0.25, 0.3) is 0 Å². The van der Waals surface area contributed by atoms with Crippen molar-refractivity contribution in [2.24, 2.45) is 0 Å². The first-order chi connectivity index (χ1) is 16.7. The molecular weight excluding hydrogens is 422 g/mol. The smallest absolute Gasteiger partial charge is 0.124 e. The number of aromatic amines is 2. The molecule has 4 N–H and O–H groups in total. The van der Waals surface area contributed by atoms with Crippen molar-refractivity contribution in [3.05, 3.63) is 59.2 Å². The van der Waals surface area contributed by atoms with Crippen LogP contribution in [0.15, 0.2) is 36.4 Å². The van der Waals surface area contributed by atoms with Crippen molar-refractivity contribution in [2.75, 3.05) is 20.1 Å². The third-order valence-electron chi connectivity index (χ3n) is 8.30. The van der Waals surface area contributed by atoms with Crippen molar-refractivity contribution in [3.8, 4) is 0 Å². The molecule has 3 saturated heterocycles. The van der Waals surface area contributed by atoms with E-state index in [1.165, 1.54) is 36.8 Å². The molecule has 3 aliphatic heterocycles. The van der Waals surface area contributed by atoms with E-state index in [0.29, 0.717) is 24.2 Å². The molecule has 3 unspecified atom stereocenters. The van der Waals surface area contributed by atoms with Crippen LogP contribution < -0.4 is 10.6 Å². The second-order valence-electron chi connectivity index (χ2n) is 10.4. The summed E-state index contributed by atoms with van der Waals surface area (Å²) >= 11 is 0. The highest BCUT2D eigenvalue weighted by Gasteiger charge is 2.33. The Morgan fingerprint density at radius 3 is 1.65 bits per heavy atom. The number of likely N-dealkylation sites (tertiary alicyclic amines) is 1. The minimum absolute atomic E-state index is 0.372. The molecule has 7 nitrogen and oxygen atoms in total. The molecule has 0 amide bonds. The number of nitrogens with zero attached hydrogens (tertiary/aromatic N) is 3. The van der Waals surface area contributed by atoms with Crippen molar-refractivity contribution < 1.29 is 0 Å². The third-order valence-corrected chi connectivity index (χ3v) is 8.30. The van der Waals surface area contributed by atoms with E-state index in [0.717, 1.165) is 59.6 Å². The molecule has 0 bridgehead atoms. The highest BCUT2D eigenvalue weighted by molar-refractivity contribution is 5.77. The van der Waals surface area contributed by atoms with E-state index in [1.54, 1.807) is 0 Å². The van der Waals surface area contributed by atoms with Gasteiger partial charge in [0, 0.05) is 12.1 Å². The van der Waals surface area contributed by atoms with Crippen molar-refractivity contribution >= 4 is 22.1 Å². The topological polar surface area (TPSA) is 84.7 Å². The van der Waals surface area contributed by atoms with E-state index in [-0.39, 0.29) is 0 Å². The second-order valence-corrected chi connectivity index (χ2v) is 10.4. The van der Waals surface area contributed by atoms with Gasteiger partial charge in [-0.3, -0.25) is 4.90 Å². The average molecular weight is 456 g/mol. The molecule has 2 aromatic heterocycles. The molecule has 3 aliphatic rings. The summed E-state index contributed by atoms with van der Waals surface area (Å²) < 4.78 is 0. The Morgan fingerprint density at radius 1 is 0.706 bits per heavy atom. The average Bonchev–Trinajstić information content (AvgIpc) is 3.66. The van der Waals surface area contributed by atoms with Crippen LogP contribution in [0.4, 0.5) is 0 Å². The Hall–Kier alpha value is -2.74. The monoisotopic (exact) mass is 455 g/mol. The maximum atomic E-state index is 4.94. The number of aromatic nitrogens is 4. The summed E-state index contributed by atoms with van der Waals surface area (Å²) in [5.41, 5.74) is 7.19. The van der Waals surface area contributed by atoms with Gasteiger partial charge < -0.3 is 20.6 Å². The Kier molecular flexibility index (Phi) is 4.96. The van der Waals surface area contributed by atoms with Gasteiger partial charge in [-0.15, -0.1) is 0 Å². The Morgan fingerprint density at radius 2 is 1.21 bits per heavy atom. The minimum atomic E-state index is 0.372. The summed E-state index contributed by atoms with van der Waals surface area (Å²) in [6.07, 6.45) is 7.10. The van der Waals surface area contributed by atoms with Crippen LogP contribution in [0.3, 0.4) is 0 Å². The fourth-order valence-corrected chi connectivity index (χ4v) is 6.41.